The molecule has 45 heavy (non-hydrogen) atoms. The number of anilines is 2. The minimum atomic E-state index is -4.50. The summed E-state index contributed by atoms with van der Waals surface area (Å²) < 4.78 is 46.8. The van der Waals surface area contributed by atoms with Crippen LogP contribution in [0.2, 0.25) is 5.02 Å². The predicted octanol–water partition coefficient (Wildman–Crippen LogP) is 4.56. The molecular formula is C33H31ClN4O6S. The van der Waals surface area contributed by atoms with E-state index in [1.165, 1.54) is 32.4 Å². The molecule has 0 radical (unpaired) electrons. The normalized spacial score (nSPS) is 22.5. The summed E-state index contributed by atoms with van der Waals surface area (Å²) in [5.74, 6) is 0.551. The Bertz CT molecular complexity index is 1910. The zero-order chi connectivity index (χ0) is 31.5. The first-order valence-corrected chi connectivity index (χ1v) is 16.2. The molecule has 1 unspecified atom stereocenters. The van der Waals surface area contributed by atoms with Crippen molar-refractivity contribution in [1.29, 1.82) is 0 Å². The maximum Gasteiger partial charge on any atom is 0.274 e. The number of fused-ring (bicyclic) bond motifs is 2. The van der Waals surface area contributed by atoms with Gasteiger partial charge in [-0.1, -0.05) is 29.8 Å². The molecule has 2 saturated heterocycles. The second-order valence-electron chi connectivity index (χ2n) is 11.3. The van der Waals surface area contributed by atoms with Gasteiger partial charge in [-0.15, -0.1) is 0 Å². The van der Waals surface area contributed by atoms with Crippen LogP contribution in [0.4, 0.5) is 11.4 Å². The lowest BCUT2D eigenvalue weighted by molar-refractivity contribution is -0.126. The van der Waals surface area contributed by atoms with Gasteiger partial charge in [0.2, 0.25) is 0 Å². The summed E-state index contributed by atoms with van der Waals surface area (Å²) in [6.07, 6.45) is 3.53. The van der Waals surface area contributed by atoms with Gasteiger partial charge in [-0.2, -0.15) is 0 Å². The Labute approximate surface area is 266 Å². The van der Waals surface area contributed by atoms with Crippen LogP contribution >= 0.6 is 11.6 Å². The van der Waals surface area contributed by atoms with E-state index in [-0.39, 0.29) is 28.3 Å². The molecule has 3 aliphatic heterocycles. The smallest absolute Gasteiger partial charge is 0.274 e. The number of sulfonamides is 1. The molecule has 3 atom stereocenters. The fraction of sp³-hybridized carbons (Fsp3) is 0.273. The van der Waals surface area contributed by atoms with Crippen molar-refractivity contribution in [3.05, 3.63) is 101 Å². The number of likely N-dealkylation sites (tertiary alicyclic amines) is 1. The van der Waals surface area contributed by atoms with Crippen molar-refractivity contribution in [2.45, 2.75) is 16.5 Å². The van der Waals surface area contributed by atoms with Gasteiger partial charge in [0.1, 0.15) is 22.1 Å². The van der Waals surface area contributed by atoms with Gasteiger partial charge in [-0.3, -0.25) is 14.7 Å². The third-order valence-corrected chi connectivity index (χ3v) is 11.1. The highest BCUT2D eigenvalue weighted by molar-refractivity contribution is 7.93. The summed E-state index contributed by atoms with van der Waals surface area (Å²) >= 11 is 6.62. The van der Waals surface area contributed by atoms with Gasteiger partial charge in [-0.05, 0) is 48.5 Å². The Balaban J connectivity index is 1.43. The Morgan fingerprint density at radius 1 is 0.844 bits per heavy atom. The van der Waals surface area contributed by atoms with Crippen LogP contribution in [-0.2, 0) is 20.4 Å². The van der Waals surface area contributed by atoms with Crippen molar-refractivity contribution in [2.24, 2.45) is 5.92 Å². The first-order valence-electron chi connectivity index (χ1n) is 14.4. The van der Waals surface area contributed by atoms with Crippen molar-refractivity contribution in [3.8, 4) is 17.2 Å². The van der Waals surface area contributed by atoms with E-state index in [4.69, 9.17) is 25.8 Å². The topological polar surface area (TPSA) is 102 Å². The number of benzene rings is 3. The monoisotopic (exact) mass is 646 g/mol. The molecule has 4 aromatic rings. The zero-order valence-corrected chi connectivity index (χ0v) is 26.5. The number of methoxy groups -OCH3 is 3. The van der Waals surface area contributed by atoms with E-state index in [0.717, 1.165) is 16.5 Å². The average molecular weight is 647 g/mol. The summed E-state index contributed by atoms with van der Waals surface area (Å²) in [4.78, 5) is 23.7. The number of para-hydroxylation sites is 1. The van der Waals surface area contributed by atoms with E-state index in [9.17, 15) is 8.42 Å². The molecule has 1 amide bonds. The Morgan fingerprint density at radius 3 is 2.33 bits per heavy atom. The van der Waals surface area contributed by atoms with Crippen molar-refractivity contribution in [3.63, 3.8) is 0 Å². The van der Waals surface area contributed by atoms with E-state index < -0.39 is 21.5 Å². The molecule has 10 nitrogen and oxygen atoms in total. The maximum atomic E-state index is 15.3. The maximum absolute atomic E-state index is 15.3. The third-order valence-electron chi connectivity index (χ3n) is 9.15. The van der Waals surface area contributed by atoms with Crippen molar-refractivity contribution < 1.29 is 27.4 Å². The van der Waals surface area contributed by atoms with Crippen LogP contribution in [0.25, 0.3) is 0 Å². The number of nitrogens with zero attached hydrogens (tertiary/aromatic N) is 4. The number of aromatic nitrogens is 1. The summed E-state index contributed by atoms with van der Waals surface area (Å²) in [6, 6.07) is 20.6. The van der Waals surface area contributed by atoms with Crippen LogP contribution in [0.3, 0.4) is 0 Å². The van der Waals surface area contributed by atoms with Crippen molar-refractivity contribution in [2.75, 3.05) is 50.2 Å². The lowest BCUT2D eigenvalue weighted by Gasteiger charge is -2.45. The van der Waals surface area contributed by atoms with Crippen LogP contribution < -0.4 is 23.4 Å². The van der Waals surface area contributed by atoms with Gasteiger partial charge in [0.15, 0.2) is 5.54 Å². The summed E-state index contributed by atoms with van der Waals surface area (Å²) in [6.45, 7) is 1.86. The zero-order valence-electron chi connectivity index (χ0n) is 24.9. The highest BCUT2D eigenvalue weighted by Gasteiger charge is 2.63. The molecule has 12 heteroatoms. The van der Waals surface area contributed by atoms with E-state index in [1.807, 2.05) is 30.3 Å². The van der Waals surface area contributed by atoms with Crippen LogP contribution in [0.1, 0.15) is 11.1 Å². The summed E-state index contributed by atoms with van der Waals surface area (Å²) in [5, 5.41) is 0.377. The van der Waals surface area contributed by atoms with Gasteiger partial charge in [0.25, 0.3) is 15.9 Å². The Hall–Kier alpha value is -4.32. The number of carbonyl (C=O) groups excluding carboxylic acids is 1. The summed E-state index contributed by atoms with van der Waals surface area (Å²) in [5.41, 5.74) is 0.727. The number of hydrogen-bond acceptors (Lipinski definition) is 9. The van der Waals surface area contributed by atoms with Gasteiger partial charge < -0.3 is 19.1 Å². The number of pyridine rings is 1. The number of amides is 1. The third kappa shape index (κ3) is 4.28. The minimum absolute atomic E-state index is 0.0552. The van der Waals surface area contributed by atoms with Crippen molar-refractivity contribution >= 4 is 38.9 Å². The molecule has 3 aromatic carbocycles. The largest absolute Gasteiger partial charge is 0.497 e. The van der Waals surface area contributed by atoms with Crippen LogP contribution in [0, 0.1) is 5.92 Å². The standard InChI is InChI=1S/C33H31ClN4O6S/c1-42-24-9-11-31(30(17-24)44-3)45(40,41)38-27-10-8-22(34)16-26(27)33(32(38)39,25-6-4-5-7-29(25)43-2)36-18-21-19-37(28(21)20-36)23-12-14-35-15-13-23/h4-17,21,28H,18-20H2,1-3H3/t21-,28-,33?/m1/s1. The molecule has 0 aliphatic carbocycles. The van der Waals surface area contributed by atoms with Gasteiger partial charge in [-0.25, -0.2) is 12.7 Å². The molecule has 3 aliphatic rings. The van der Waals surface area contributed by atoms with Gasteiger partial charge in [0, 0.05) is 71.9 Å². The second kappa shape index (κ2) is 10.9. The molecule has 232 valence electrons. The molecule has 4 heterocycles. The quantitative estimate of drug-likeness (QED) is 0.273. The van der Waals surface area contributed by atoms with Gasteiger partial charge in [0.05, 0.1) is 27.0 Å². The molecule has 0 saturated carbocycles. The molecule has 2 fully saturated rings. The average Bonchev–Trinajstić information content (AvgIpc) is 3.52. The summed E-state index contributed by atoms with van der Waals surface area (Å²) in [7, 11) is -0.102. The van der Waals surface area contributed by atoms with Crippen LogP contribution in [-0.4, -0.2) is 71.2 Å². The van der Waals surface area contributed by atoms with E-state index >= 15 is 4.79 Å². The predicted molar refractivity (Wildman–Crippen MR) is 170 cm³/mol. The number of ether oxygens (including phenoxy) is 3. The van der Waals surface area contributed by atoms with E-state index in [1.54, 1.807) is 43.8 Å². The molecule has 0 spiro atoms. The van der Waals surface area contributed by atoms with E-state index in [0.29, 0.717) is 40.7 Å². The van der Waals surface area contributed by atoms with Crippen LogP contribution in [0.5, 0.6) is 17.2 Å². The van der Waals surface area contributed by atoms with Gasteiger partial charge >= 0.3 is 0 Å². The van der Waals surface area contributed by atoms with Crippen LogP contribution in [0.15, 0.2) is 90.1 Å². The second-order valence-corrected chi connectivity index (χ2v) is 13.4. The molecule has 1 aromatic heterocycles. The number of carbonyl (C=O) groups is 1. The van der Waals surface area contributed by atoms with Crippen molar-refractivity contribution in [1.82, 2.24) is 9.88 Å². The lowest BCUT2D eigenvalue weighted by atomic mass is 9.81. The Kier molecular flexibility index (Phi) is 7.14. The fourth-order valence-electron chi connectivity index (χ4n) is 7.09. The lowest BCUT2D eigenvalue weighted by Crippen LogP contribution is -2.56. The number of rotatable bonds is 8. The Morgan fingerprint density at radius 2 is 1.60 bits per heavy atom. The molecule has 7 rings (SSSR count). The molecular weight excluding hydrogens is 616 g/mol. The number of halogens is 1. The minimum Gasteiger partial charge on any atom is -0.497 e. The molecule has 0 bridgehead atoms. The number of hydrogen-bond donors (Lipinski definition) is 0. The highest BCUT2D eigenvalue weighted by atomic mass is 35.5. The SMILES string of the molecule is COc1ccc(S(=O)(=O)N2C(=O)C(c3ccccc3OC)(N3C[C@@H]4CN(c5ccncc5)[C@@H]4C3)c3cc(Cl)ccc32)c(OC)c1. The first kappa shape index (κ1) is 29.4. The highest BCUT2D eigenvalue weighted by Crippen LogP contribution is 2.55. The van der Waals surface area contributed by atoms with E-state index in [2.05, 4.69) is 14.8 Å². The first-order chi connectivity index (χ1) is 21.7. The fourth-order valence-corrected chi connectivity index (χ4v) is 8.87. The molecule has 0 N–H and O–H groups in total.